The molecule has 32 heavy (non-hydrogen) atoms. The lowest BCUT2D eigenvalue weighted by atomic mass is 10.1. The van der Waals surface area contributed by atoms with Crippen molar-refractivity contribution in [2.24, 2.45) is 0 Å². The van der Waals surface area contributed by atoms with Gasteiger partial charge in [-0.25, -0.2) is 13.1 Å². The van der Waals surface area contributed by atoms with Gasteiger partial charge in [0.25, 0.3) is 20.1 Å². The molecule has 0 aliphatic rings. The van der Waals surface area contributed by atoms with E-state index in [9.17, 15) is 56.3 Å². The minimum absolute atomic E-state index is 0.0286. The number of aliphatic hydroxyl groups is 1. The maximum Gasteiger partial charge on any atom is 0.460 e. The smallest absolute Gasteiger partial charge is 0.391 e. The van der Waals surface area contributed by atoms with E-state index in [4.69, 9.17) is 9.66 Å². The van der Waals surface area contributed by atoms with Crippen LogP contribution >= 0.6 is 0 Å². The number of sulfonamides is 1. The highest BCUT2D eigenvalue weighted by atomic mass is 32.2. The lowest BCUT2D eigenvalue weighted by Gasteiger charge is -2.34. The van der Waals surface area contributed by atoms with Gasteiger partial charge in [-0.1, -0.05) is 0 Å². The van der Waals surface area contributed by atoms with Gasteiger partial charge in [-0.15, -0.1) is 0 Å². The number of hydrogen-bond acceptors (Lipinski definition) is 5. The molecule has 0 radical (unpaired) electrons. The Labute approximate surface area is 177 Å². The van der Waals surface area contributed by atoms with E-state index in [1.807, 2.05) is 0 Å². The van der Waals surface area contributed by atoms with Crippen molar-refractivity contribution in [3.8, 4) is 0 Å². The van der Waals surface area contributed by atoms with Gasteiger partial charge in [-0.3, -0.25) is 4.55 Å². The molecular formula is C13H22F9N2O6S2+. The normalized spacial score (nSPS) is 16.8. The third-order valence-corrected chi connectivity index (χ3v) is 6.68. The van der Waals surface area contributed by atoms with Gasteiger partial charge in [0.1, 0.15) is 6.54 Å². The SMILES string of the molecule is C[N+](CCO)(CCCNS(=O)(=O)C(F)(F)C(F)(F)C(F)(F)C(F)(F)F)CCCS(=O)(=O)O. The Morgan fingerprint density at radius 1 is 0.812 bits per heavy atom. The first-order chi connectivity index (χ1) is 14.0. The second-order valence-electron chi connectivity index (χ2n) is 7.07. The van der Waals surface area contributed by atoms with Crippen LogP contribution in [0.25, 0.3) is 0 Å². The van der Waals surface area contributed by atoms with Crippen LogP contribution in [0.5, 0.6) is 0 Å². The van der Waals surface area contributed by atoms with Crippen LogP contribution in [-0.4, -0.2) is 99.8 Å². The van der Waals surface area contributed by atoms with Gasteiger partial charge in [0.2, 0.25) is 0 Å². The fourth-order valence-corrected chi connectivity index (χ4v) is 4.05. The fourth-order valence-electron chi connectivity index (χ4n) is 2.49. The van der Waals surface area contributed by atoms with E-state index in [-0.39, 0.29) is 30.5 Å². The zero-order valence-electron chi connectivity index (χ0n) is 16.3. The molecular weight excluding hydrogens is 515 g/mol. The average Bonchev–Trinajstić information content (AvgIpc) is 2.56. The van der Waals surface area contributed by atoms with Crippen molar-refractivity contribution < 1.29 is 70.5 Å². The Balaban J connectivity index is 5.26. The molecule has 1 unspecified atom stereocenters. The van der Waals surface area contributed by atoms with E-state index in [1.54, 1.807) is 0 Å². The van der Waals surface area contributed by atoms with Crippen molar-refractivity contribution in [1.82, 2.24) is 4.72 Å². The summed E-state index contributed by atoms with van der Waals surface area (Å²) in [6, 6.07) is 0. The van der Waals surface area contributed by atoms with Crippen molar-refractivity contribution in [3.05, 3.63) is 0 Å². The number of hydrogen-bond donors (Lipinski definition) is 3. The molecule has 0 aromatic heterocycles. The summed E-state index contributed by atoms with van der Waals surface area (Å²) in [6.07, 6.45) is -7.75. The van der Waals surface area contributed by atoms with E-state index in [1.165, 1.54) is 7.05 Å². The minimum Gasteiger partial charge on any atom is -0.391 e. The number of nitrogens with zero attached hydrogens (tertiary/aromatic N) is 1. The topological polar surface area (TPSA) is 121 Å². The van der Waals surface area contributed by atoms with Crippen LogP contribution in [-0.2, 0) is 20.1 Å². The maximum atomic E-state index is 13.6. The molecule has 3 N–H and O–H groups in total. The Bertz CT molecular complexity index is 833. The minimum atomic E-state index is -7.36. The van der Waals surface area contributed by atoms with E-state index < -0.39 is 68.7 Å². The quantitative estimate of drug-likeness (QED) is 0.134. The van der Waals surface area contributed by atoms with E-state index in [0.29, 0.717) is 0 Å². The number of halogens is 9. The van der Waals surface area contributed by atoms with Crippen molar-refractivity contribution in [1.29, 1.82) is 0 Å². The van der Waals surface area contributed by atoms with Gasteiger partial charge in [0.15, 0.2) is 0 Å². The van der Waals surface area contributed by atoms with Crippen molar-refractivity contribution >= 4 is 20.1 Å². The van der Waals surface area contributed by atoms with Crippen LogP contribution in [0.4, 0.5) is 39.5 Å². The fraction of sp³-hybridized carbons (Fsp3) is 1.00. The molecule has 0 aliphatic carbocycles. The van der Waals surface area contributed by atoms with E-state index in [2.05, 4.69) is 0 Å². The Hall–Kier alpha value is -0.890. The number of nitrogens with one attached hydrogen (secondary N) is 1. The molecule has 194 valence electrons. The zero-order valence-corrected chi connectivity index (χ0v) is 18.0. The monoisotopic (exact) mass is 537 g/mol. The number of alkyl halides is 9. The summed E-state index contributed by atoms with van der Waals surface area (Å²) in [5.41, 5.74) is 0. The first-order valence-electron chi connectivity index (χ1n) is 8.56. The highest BCUT2D eigenvalue weighted by Gasteiger charge is 2.85. The Kier molecular flexibility index (Phi) is 9.88. The third-order valence-electron chi connectivity index (χ3n) is 4.36. The van der Waals surface area contributed by atoms with Gasteiger partial charge < -0.3 is 9.59 Å². The first kappa shape index (κ1) is 31.1. The summed E-state index contributed by atoms with van der Waals surface area (Å²) in [7, 11) is -9.62. The van der Waals surface area contributed by atoms with E-state index in [0.717, 1.165) is 4.72 Å². The maximum absolute atomic E-state index is 13.6. The highest BCUT2D eigenvalue weighted by Crippen LogP contribution is 2.54. The second kappa shape index (κ2) is 10.2. The van der Waals surface area contributed by atoms with Crippen molar-refractivity contribution in [2.75, 3.05) is 45.6 Å². The Morgan fingerprint density at radius 3 is 1.69 bits per heavy atom. The summed E-state index contributed by atoms with van der Waals surface area (Å²) >= 11 is 0. The summed E-state index contributed by atoms with van der Waals surface area (Å²) in [5, 5.41) is 2.21. The predicted molar refractivity (Wildman–Crippen MR) is 91.3 cm³/mol. The van der Waals surface area contributed by atoms with Crippen LogP contribution in [0.1, 0.15) is 12.8 Å². The van der Waals surface area contributed by atoms with Gasteiger partial charge in [-0.05, 0) is 0 Å². The summed E-state index contributed by atoms with van der Waals surface area (Å²) in [5.74, 6) is -15.4. The molecule has 8 nitrogen and oxygen atoms in total. The first-order valence-corrected chi connectivity index (χ1v) is 11.7. The zero-order chi connectivity index (χ0) is 25.9. The second-order valence-corrected chi connectivity index (χ2v) is 10.4. The molecule has 0 fully saturated rings. The molecule has 0 spiro atoms. The van der Waals surface area contributed by atoms with Crippen LogP contribution in [0.2, 0.25) is 0 Å². The largest absolute Gasteiger partial charge is 0.460 e. The summed E-state index contributed by atoms with van der Waals surface area (Å²) in [4.78, 5) is 0. The number of likely N-dealkylation sites (N-methyl/N-ethyl adjacent to an activating group) is 1. The lowest BCUT2D eigenvalue weighted by molar-refractivity contribution is -0.909. The summed E-state index contributed by atoms with van der Waals surface area (Å²) < 4.78 is 169. The molecule has 0 aromatic rings. The van der Waals surface area contributed by atoms with Gasteiger partial charge in [0, 0.05) is 19.4 Å². The number of rotatable bonds is 14. The molecule has 0 bridgehead atoms. The molecule has 0 amide bonds. The molecule has 0 heterocycles. The average molecular weight is 537 g/mol. The van der Waals surface area contributed by atoms with Crippen LogP contribution in [0.15, 0.2) is 0 Å². The van der Waals surface area contributed by atoms with Crippen LogP contribution in [0, 0.1) is 0 Å². The van der Waals surface area contributed by atoms with Crippen LogP contribution < -0.4 is 4.72 Å². The molecule has 0 saturated heterocycles. The molecule has 0 saturated carbocycles. The molecule has 19 heteroatoms. The Morgan fingerprint density at radius 2 is 1.28 bits per heavy atom. The number of aliphatic hydroxyl groups excluding tert-OH is 1. The van der Waals surface area contributed by atoms with Gasteiger partial charge >= 0.3 is 23.3 Å². The van der Waals surface area contributed by atoms with Crippen molar-refractivity contribution in [3.63, 3.8) is 0 Å². The molecule has 0 aromatic carbocycles. The van der Waals surface area contributed by atoms with Crippen LogP contribution in [0.3, 0.4) is 0 Å². The number of quaternary nitrogens is 1. The molecule has 0 aliphatic heterocycles. The molecule has 0 rings (SSSR count). The van der Waals surface area contributed by atoms with Gasteiger partial charge in [-0.2, -0.15) is 47.9 Å². The predicted octanol–water partition coefficient (Wildman–Crippen LogP) is 1.44. The molecule has 1 atom stereocenters. The highest BCUT2D eigenvalue weighted by molar-refractivity contribution is 7.90. The summed E-state index contributed by atoms with van der Waals surface area (Å²) in [6.45, 7) is -1.83. The van der Waals surface area contributed by atoms with E-state index >= 15 is 0 Å². The lowest BCUT2D eigenvalue weighted by Crippen LogP contribution is -2.65. The third kappa shape index (κ3) is 7.31. The van der Waals surface area contributed by atoms with Gasteiger partial charge in [0.05, 0.1) is 32.5 Å². The standard InChI is InChI=1S/C13H21F9N2O6S2/c1-24(7-8-25,6-3-9-31(26,27)28)5-2-4-23-32(29,30)13(21,22)11(16,17)10(14,15)12(18,19)20/h23,25H,2-9H2,1H3/p+1. The van der Waals surface area contributed by atoms with Crippen molar-refractivity contribution in [2.45, 2.75) is 36.1 Å².